The second-order valence-corrected chi connectivity index (χ2v) is 5.21. The summed E-state index contributed by atoms with van der Waals surface area (Å²) in [5.74, 6) is 0.843. The Labute approximate surface area is 116 Å². The molecule has 0 fully saturated rings. The van der Waals surface area contributed by atoms with Crippen molar-refractivity contribution in [2.75, 3.05) is 20.2 Å². The number of likely N-dealkylation sites (N-methyl/N-ethyl adjacent to an activating group) is 1. The van der Waals surface area contributed by atoms with Gasteiger partial charge < -0.3 is 15.4 Å². The minimum Gasteiger partial charge on any atom is -0.492 e. The highest BCUT2D eigenvalue weighted by Crippen LogP contribution is 2.15. The first-order valence-corrected chi connectivity index (χ1v) is 6.66. The summed E-state index contributed by atoms with van der Waals surface area (Å²) >= 11 is 3.36. The van der Waals surface area contributed by atoms with Crippen molar-refractivity contribution in [1.29, 1.82) is 0 Å². The summed E-state index contributed by atoms with van der Waals surface area (Å²) < 4.78 is 6.55. The Morgan fingerprint density at radius 1 is 1.44 bits per heavy atom. The SMILES string of the molecule is CC(N)CC(=O)N(C)CCOc1ccc(Br)cc1. The molecule has 0 aliphatic heterocycles. The Morgan fingerprint density at radius 3 is 2.61 bits per heavy atom. The zero-order valence-corrected chi connectivity index (χ0v) is 12.3. The third-order valence-electron chi connectivity index (χ3n) is 2.43. The van der Waals surface area contributed by atoms with Gasteiger partial charge in [0.05, 0.1) is 6.54 Å². The van der Waals surface area contributed by atoms with Crippen molar-refractivity contribution < 1.29 is 9.53 Å². The first-order chi connectivity index (χ1) is 8.49. The van der Waals surface area contributed by atoms with Crippen molar-refractivity contribution >= 4 is 21.8 Å². The van der Waals surface area contributed by atoms with E-state index >= 15 is 0 Å². The van der Waals surface area contributed by atoms with Crippen LogP contribution in [0.1, 0.15) is 13.3 Å². The topological polar surface area (TPSA) is 55.6 Å². The summed E-state index contributed by atoms with van der Waals surface area (Å²) in [5, 5.41) is 0. The number of hydrogen-bond acceptors (Lipinski definition) is 3. The van der Waals surface area contributed by atoms with Gasteiger partial charge in [-0.15, -0.1) is 0 Å². The number of carbonyl (C=O) groups excluding carboxylic acids is 1. The van der Waals surface area contributed by atoms with E-state index in [0.29, 0.717) is 19.6 Å². The summed E-state index contributed by atoms with van der Waals surface area (Å²) in [7, 11) is 1.76. The molecule has 1 aromatic carbocycles. The van der Waals surface area contributed by atoms with Crippen molar-refractivity contribution in [3.8, 4) is 5.75 Å². The number of benzene rings is 1. The van der Waals surface area contributed by atoms with Crippen molar-refractivity contribution in [3.05, 3.63) is 28.7 Å². The molecule has 0 aliphatic rings. The van der Waals surface area contributed by atoms with E-state index in [-0.39, 0.29) is 11.9 Å². The van der Waals surface area contributed by atoms with Gasteiger partial charge in [-0.25, -0.2) is 0 Å². The van der Waals surface area contributed by atoms with Crippen LogP contribution < -0.4 is 10.5 Å². The van der Waals surface area contributed by atoms with Crippen molar-refractivity contribution in [2.24, 2.45) is 5.73 Å². The molecule has 0 aromatic heterocycles. The quantitative estimate of drug-likeness (QED) is 0.874. The van der Waals surface area contributed by atoms with E-state index in [0.717, 1.165) is 10.2 Å². The largest absolute Gasteiger partial charge is 0.492 e. The molecule has 0 aliphatic carbocycles. The molecule has 0 saturated carbocycles. The molecule has 1 rings (SSSR count). The standard InChI is InChI=1S/C13H19BrN2O2/c1-10(15)9-13(17)16(2)7-8-18-12-5-3-11(14)4-6-12/h3-6,10H,7-9,15H2,1-2H3. The van der Waals surface area contributed by atoms with Gasteiger partial charge in [0.1, 0.15) is 12.4 Å². The number of rotatable bonds is 6. The van der Waals surface area contributed by atoms with Gasteiger partial charge in [-0.05, 0) is 31.2 Å². The van der Waals surface area contributed by atoms with Crippen molar-refractivity contribution in [2.45, 2.75) is 19.4 Å². The fourth-order valence-corrected chi connectivity index (χ4v) is 1.65. The molecule has 1 unspecified atom stereocenters. The number of nitrogens with zero attached hydrogens (tertiary/aromatic N) is 1. The number of carbonyl (C=O) groups is 1. The van der Waals surface area contributed by atoms with Crippen LogP contribution >= 0.6 is 15.9 Å². The second-order valence-electron chi connectivity index (χ2n) is 4.30. The average molecular weight is 315 g/mol. The summed E-state index contributed by atoms with van der Waals surface area (Å²) in [4.78, 5) is 13.3. The number of halogens is 1. The molecule has 4 nitrogen and oxygen atoms in total. The number of ether oxygens (including phenoxy) is 1. The second kappa shape index (κ2) is 7.38. The Hall–Kier alpha value is -1.07. The van der Waals surface area contributed by atoms with Crippen molar-refractivity contribution in [3.63, 3.8) is 0 Å². The maximum atomic E-state index is 11.6. The zero-order chi connectivity index (χ0) is 13.5. The Kier molecular flexibility index (Phi) is 6.15. The number of nitrogens with two attached hydrogens (primary N) is 1. The minimum atomic E-state index is -0.104. The number of amides is 1. The Morgan fingerprint density at radius 2 is 2.06 bits per heavy atom. The molecule has 0 bridgehead atoms. The predicted octanol–water partition coefficient (Wildman–Crippen LogP) is 2.02. The zero-order valence-electron chi connectivity index (χ0n) is 10.7. The lowest BCUT2D eigenvalue weighted by atomic mass is 10.2. The lowest BCUT2D eigenvalue weighted by Gasteiger charge is -2.18. The van der Waals surface area contributed by atoms with Crippen molar-refractivity contribution in [1.82, 2.24) is 4.90 Å². The first-order valence-electron chi connectivity index (χ1n) is 5.87. The molecule has 1 amide bonds. The Bertz CT molecular complexity index is 379. The van der Waals surface area contributed by atoms with Crippen LogP contribution in [0, 0.1) is 0 Å². The predicted molar refractivity (Wildman–Crippen MR) is 75.5 cm³/mol. The van der Waals surface area contributed by atoms with E-state index in [1.165, 1.54) is 0 Å². The smallest absolute Gasteiger partial charge is 0.223 e. The van der Waals surface area contributed by atoms with Gasteiger partial charge in [-0.2, -0.15) is 0 Å². The van der Waals surface area contributed by atoms with Crippen LogP contribution in [0.4, 0.5) is 0 Å². The molecule has 0 saturated heterocycles. The van der Waals surface area contributed by atoms with Gasteiger partial charge in [-0.3, -0.25) is 4.79 Å². The fraction of sp³-hybridized carbons (Fsp3) is 0.462. The van der Waals surface area contributed by atoms with Gasteiger partial charge in [0.25, 0.3) is 0 Å². The maximum absolute atomic E-state index is 11.6. The van der Waals surface area contributed by atoms with Gasteiger partial charge in [0, 0.05) is 24.0 Å². The van der Waals surface area contributed by atoms with Crippen LogP contribution in [0.25, 0.3) is 0 Å². The molecule has 5 heteroatoms. The van der Waals surface area contributed by atoms with Crippen LogP contribution in [0.3, 0.4) is 0 Å². The van der Waals surface area contributed by atoms with Gasteiger partial charge in [0.15, 0.2) is 0 Å². The van der Waals surface area contributed by atoms with Crippen LogP contribution in [0.2, 0.25) is 0 Å². The third-order valence-corrected chi connectivity index (χ3v) is 2.96. The average Bonchev–Trinajstić information content (AvgIpc) is 2.30. The molecule has 1 atom stereocenters. The normalized spacial score (nSPS) is 12.0. The maximum Gasteiger partial charge on any atom is 0.223 e. The van der Waals surface area contributed by atoms with Gasteiger partial charge in [-0.1, -0.05) is 15.9 Å². The lowest BCUT2D eigenvalue weighted by molar-refractivity contribution is -0.130. The van der Waals surface area contributed by atoms with Crippen LogP contribution in [-0.2, 0) is 4.79 Å². The van der Waals surface area contributed by atoms with Crippen LogP contribution in [-0.4, -0.2) is 37.0 Å². The molecular weight excluding hydrogens is 296 g/mol. The van der Waals surface area contributed by atoms with E-state index in [9.17, 15) is 4.79 Å². The fourth-order valence-electron chi connectivity index (χ4n) is 1.39. The van der Waals surface area contributed by atoms with E-state index in [4.69, 9.17) is 10.5 Å². The summed E-state index contributed by atoms with van der Waals surface area (Å²) in [6, 6.07) is 7.50. The third kappa shape index (κ3) is 5.51. The molecule has 100 valence electrons. The molecule has 0 spiro atoms. The molecule has 18 heavy (non-hydrogen) atoms. The van der Waals surface area contributed by atoms with Crippen LogP contribution in [0.15, 0.2) is 28.7 Å². The van der Waals surface area contributed by atoms with E-state index < -0.39 is 0 Å². The van der Waals surface area contributed by atoms with Crippen LogP contribution in [0.5, 0.6) is 5.75 Å². The lowest BCUT2D eigenvalue weighted by Crippen LogP contribution is -2.34. The van der Waals surface area contributed by atoms with Gasteiger partial charge >= 0.3 is 0 Å². The minimum absolute atomic E-state index is 0.0457. The summed E-state index contributed by atoms with van der Waals surface area (Å²) in [6.07, 6.45) is 0.370. The molecule has 1 aromatic rings. The monoisotopic (exact) mass is 314 g/mol. The highest BCUT2D eigenvalue weighted by atomic mass is 79.9. The van der Waals surface area contributed by atoms with Gasteiger partial charge in [0.2, 0.25) is 5.91 Å². The number of hydrogen-bond donors (Lipinski definition) is 1. The highest BCUT2D eigenvalue weighted by molar-refractivity contribution is 9.10. The van der Waals surface area contributed by atoms with E-state index in [1.54, 1.807) is 11.9 Å². The molecule has 2 N–H and O–H groups in total. The highest BCUT2D eigenvalue weighted by Gasteiger charge is 2.10. The Balaban J connectivity index is 2.28. The first kappa shape index (κ1) is 15.0. The molecule has 0 heterocycles. The molecule has 0 radical (unpaired) electrons. The summed E-state index contributed by atoms with van der Waals surface area (Å²) in [5.41, 5.74) is 5.58. The van der Waals surface area contributed by atoms with E-state index in [1.807, 2.05) is 31.2 Å². The summed E-state index contributed by atoms with van der Waals surface area (Å²) in [6.45, 7) is 2.86. The molecular formula is C13H19BrN2O2. The van der Waals surface area contributed by atoms with E-state index in [2.05, 4.69) is 15.9 Å².